The summed E-state index contributed by atoms with van der Waals surface area (Å²) in [5.41, 5.74) is 6.01. The van der Waals surface area contributed by atoms with Crippen molar-refractivity contribution in [2.24, 2.45) is 0 Å². The van der Waals surface area contributed by atoms with Gasteiger partial charge in [-0.15, -0.1) is 11.3 Å². The summed E-state index contributed by atoms with van der Waals surface area (Å²) in [5, 5.41) is 2.17. The Bertz CT molecular complexity index is 420. The molecular weight excluding hydrogens is 248 g/mol. The highest BCUT2D eigenvalue weighted by molar-refractivity contribution is 7.13. The summed E-state index contributed by atoms with van der Waals surface area (Å²) in [6.07, 6.45) is 2.40. The lowest BCUT2D eigenvalue weighted by molar-refractivity contribution is 0.0750. The van der Waals surface area contributed by atoms with Crippen LogP contribution in [0, 0.1) is 0 Å². The van der Waals surface area contributed by atoms with Gasteiger partial charge in [-0.3, -0.25) is 9.69 Å². The quantitative estimate of drug-likeness (QED) is 0.893. The molecule has 1 saturated heterocycles. The topological polar surface area (TPSA) is 62.5 Å². The second kappa shape index (κ2) is 5.67. The molecule has 1 aliphatic heterocycles. The molecule has 0 spiro atoms. The molecule has 5 nitrogen and oxygen atoms in total. The Hall–Kier alpha value is -1.14. The number of carbonyl (C=O) groups is 1. The second-order valence-electron chi connectivity index (χ2n) is 4.68. The van der Waals surface area contributed by atoms with Gasteiger partial charge in [0.2, 0.25) is 0 Å². The molecule has 100 valence electrons. The van der Waals surface area contributed by atoms with Gasteiger partial charge >= 0.3 is 0 Å². The minimum atomic E-state index is -0.0362. The Balaban J connectivity index is 1.95. The van der Waals surface area contributed by atoms with Gasteiger partial charge in [-0.2, -0.15) is 0 Å². The Morgan fingerprint density at radius 3 is 3.11 bits per heavy atom. The van der Waals surface area contributed by atoms with E-state index in [9.17, 15) is 4.79 Å². The number of hydrogen-bond donors (Lipinski definition) is 1. The van der Waals surface area contributed by atoms with Gasteiger partial charge in [0, 0.05) is 25.0 Å². The van der Waals surface area contributed by atoms with Gasteiger partial charge in [0.15, 0.2) is 5.13 Å². The van der Waals surface area contributed by atoms with Crippen molar-refractivity contribution < 1.29 is 4.79 Å². The zero-order valence-electron chi connectivity index (χ0n) is 10.9. The molecule has 0 radical (unpaired) electrons. The van der Waals surface area contributed by atoms with E-state index in [1.165, 1.54) is 24.2 Å². The number of anilines is 1. The molecule has 2 heterocycles. The van der Waals surface area contributed by atoms with E-state index in [0.717, 1.165) is 19.6 Å². The third-order valence-electron chi connectivity index (χ3n) is 3.48. The number of likely N-dealkylation sites (N-methyl/N-ethyl adjacent to an activating group) is 2. The number of nitrogens with zero attached hydrogens (tertiary/aromatic N) is 3. The molecule has 1 unspecified atom stereocenters. The van der Waals surface area contributed by atoms with Gasteiger partial charge in [-0.05, 0) is 25.9 Å². The molecule has 6 heteroatoms. The summed E-state index contributed by atoms with van der Waals surface area (Å²) < 4.78 is 0. The summed E-state index contributed by atoms with van der Waals surface area (Å²) >= 11 is 1.31. The maximum Gasteiger partial charge on any atom is 0.273 e. The van der Waals surface area contributed by atoms with E-state index < -0.39 is 0 Å². The molecule has 1 fully saturated rings. The van der Waals surface area contributed by atoms with Crippen LogP contribution in [0.4, 0.5) is 5.13 Å². The maximum atomic E-state index is 12.1. The molecule has 0 bridgehead atoms. The average Bonchev–Trinajstić information content (AvgIpc) is 2.96. The fourth-order valence-corrected chi connectivity index (χ4v) is 3.04. The first-order valence-corrected chi connectivity index (χ1v) is 7.20. The molecule has 1 aliphatic rings. The minimum absolute atomic E-state index is 0.0362. The maximum absolute atomic E-state index is 12.1. The van der Waals surface area contributed by atoms with Gasteiger partial charge in [-0.25, -0.2) is 4.98 Å². The third kappa shape index (κ3) is 2.81. The van der Waals surface area contributed by atoms with Gasteiger partial charge in [0.05, 0.1) is 0 Å². The van der Waals surface area contributed by atoms with E-state index in [4.69, 9.17) is 5.73 Å². The van der Waals surface area contributed by atoms with E-state index in [0.29, 0.717) is 16.9 Å². The fraction of sp³-hybridized carbons (Fsp3) is 0.667. The number of likely N-dealkylation sites (tertiary alicyclic amines) is 1. The third-order valence-corrected chi connectivity index (χ3v) is 4.15. The van der Waals surface area contributed by atoms with Crippen molar-refractivity contribution in [3.63, 3.8) is 0 Å². The van der Waals surface area contributed by atoms with Crippen LogP contribution in [0.5, 0.6) is 0 Å². The van der Waals surface area contributed by atoms with Crippen molar-refractivity contribution in [1.29, 1.82) is 0 Å². The van der Waals surface area contributed by atoms with E-state index in [1.807, 2.05) is 7.05 Å². The Labute approximate surface area is 112 Å². The zero-order valence-corrected chi connectivity index (χ0v) is 11.7. The van der Waals surface area contributed by atoms with Crippen LogP contribution in [0.1, 0.15) is 30.3 Å². The highest BCUT2D eigenvalue weighted by atomic mass is 32.1. The summed E-state index contributed by atoms with van der Waals surface area (Å²) in [5.74, 6) is -0.0362. The first-order chi connectivity index (χ1) is 8.61. The molecular formula is C12H20N4OS. The predicted octanol–water partition coefficient (Wildman–Crippen LogP) is 1.28. The Morgan fingerprint density at radius 1 is 1.72 bits per heavy atom. The van der Waals surface area contributed by atoms with Crippen molar-refractivity contribution in [3.05, 3.63) is 11.1 Å². The van der Waals surface area contributed by atoms with Gasteiger partial charge in [0.25, 0.3) is 5.91 Å². The SMILES string of the molecule is CCN1CCCC1CN(C)C(=O)c1csc(N)n1. The highest BCUT2D eigenvalue weighted by Gasteiger charge is 2.26. The minimum Gasteiger partial charge on any atom is -0.375 e. The molecule has 1 amide bonds. The molecule has 1 aromatic rings. The lowest BCUT2D eigenvalue weighted by atomic mass is 10.2. The monoisotopic (exact) mass is 268 g/mol. The second-order valence-corrected chi connectivity index (χ2v) is 5.57. The molecule has 18 heavy (non-hydrogen) atoms. The van der Waals surface area contributed by atoms with Crippen molar-refractivity contribution in [3.8, 4) is 0 Å². The van der Waals surface area contributed by atoms with Crippen LogP contribution in [0.3, 0.4) is 0 Å². The highest BCUT2D eigenvalue weighted by Crippen LogP contribution is 2.18. The molecule has 1 aromatic heterocycles. The van der Waals surface area contributed by atoms with Crippen molar-refractivity contribution in [1.82, 2.24) is 14.8 Å². The normalized spacial score (nSPS) is 20.2. The van der Waals surface area contributed by atoms with Gasteiger partial charge in [-0.1, -0.05) is 6.92 Å². The van der Waals surface area contributed by atoms with E-state index in [-0.39, 0.29) is 5.91 Å². The first kappa shape index (κ1) is 13.3. The summed E-state index contributed by atoms with van der Waals surface area (Å²) in [4.78, 5) is 20.4. The van der Waals surface area contributed by atoms with Crippen molar-refractivity contribution in [2.75, 3.05) is 32.4 Å². The predicted molar refractivity (Wildman–Crippen MR) is 73.8 cm³/mol. The Morgan fingerprint density at radius 2 is 2.50 bits per heavy atom. The van der Waals surface area contributed by atoms with Crippen LogP contribution in [0.2, 0.25) is 0 Å². The molecule has 0 aromatic carbocycles. The van der Waals surface area contributed by atoms with Gasteiger partial charge in [0.1, 0.15) is 5.69 Å². The molecule has 0 saturated carbocycles. The van der Waals surface area contributed by atoms with Crippen LogP contribution < -0.4 is 5.73 Å². The fourth-order valence-electron chi connectivity index (χ4n) is 2.50. The standard InChI is InChI=1S/C12H20N4OS/c1-3-16-6-4-5-9(16)7-15(2)11(17)10-8-18-12(13)14-10/h8-9H,3-7H2,1-2H3,(H2,13,14). The van der Waals surface area contributed by atoms with Crippen LogP contribution in [-0.2, 0) is 0 Å². The molecule has 1 atom stereocenters. The number of thiazole rings is 1. The van der Waals surface area contributed by atoms with E-state index in [2.05, 4.69) is 16.8 Å². The van der Waals surface area contributed by atoms with E-state index in [1.54, 1.807) is 10.3 Å². The summed E-state index contributed by atoms with van der Waals surface area (Å²) in [6.45, 7) is 5.13. The largest absolute Gasteiger partial charge is 0.375 e. The first-order valence-electron chi connectivity index (χ1n) is 6.32. The summed E-state index contributed by atoms with van der Waals surface area (Å²) in [6, 6.07) is 0.486. The average molecular weight is 268 g/mol. The van der Waals surface area contributed by atoms with Crippen LogP contribution in [0.25, 0.3) is 0 Å². The lowest BCUT2D eigenvalue weighted by Crippen LogP contribution is -2.41. The lowest BCUT2D eigenvalue weighted by Gasteiger charge is -2.27. The van der Waals surface area contributed by atoms with Gasteiger partial charge < -0.3 is 10.6 Å². The number of amides is 1. The van der Waals surface area contributed by atoms with Crippen LogP contribution in [0.15, 0.2) is 5.38 Å². The van der Waals surface area contributed by atoms with E-state index >= 15 is 0 Å². The number of nitrogens with two attached hydrogens (primary N) is 1. The molecule has 2 N–H and O–H groups in total. The Kier molecular flexibility index (Phi) is 4.19. The summed E-state index contributed by atoms with van der Waals surface area (Å²) in [7, 11) is 1.84. The molecule has 0 aliphatic carbocycles. The molecule has 2 rings (SSSR count). The van der Waals surface area contributed by atoms with Crippen molar-refractivity contribution >= 4 is 22.4 Å². The number of rotatable bonds is 4. The zero-order chi connectivity index (χ0) is 13.1. The number of carbonyl (C=O) groups excluding carboxylic acids is 1. The number of aromatic nitrogens is 1. The van der Waals surface area contributed by atoms with Crippen LogP contribution >= 0.6 is 11.3 Å². The van der Waals surface area contributed by atoms with Crippen LogP contribution in [-0.4, -0.2) is 53.4 Å². The van der Waals surface area contributed by atoms with Crippen molar-refractivity contribution in [2.45, 2.75) is 25.8 Å². The number of nitrogen functional groups attached to an aromatic ring is 1. The smallest absolute Gasteiger partial charge is 0.273 e. The number of hydrogen-bond acceptors (Lipinski definition) is 5.